The highest BCUT2D eigenvalue weighted by molar-refractivity contribution is 6.31. The van der Waals surface area contributed by atoms with Crippen LogP contribution in [-0.2, 0) is 11.3 Å². The van der Waals surface area contributed by atoms with Crippen LogP contribution in [0.4, 0.5) is 5.69 Å². The van der Waals surface area contributed by atoms with E-state index in [4.69, 9.17) is 11.6 Å². The summed E-state index contributed by atoms with van der Waals surface area (Å²) in [5.41, 5.74) is 2.22. The lowest BCUT2D eigenvalue weighted by Gasteiger charge is -2.18. The van der Waals surface area contributed by atoms with Crippen LogP contribution in [0.15, 0.2) is 48.5 Å². The van der Waals surface area contributed by atoms with Crippen molar-refractivity contribution in [3.8, 4) is 0 Å². The summed E-state index contributed by atoms with van der Waals surface area (Å²) in [5, 5.41) is 6.55. The summed E-state index contributed by atoms with van der Waals surface area (Å²) in [5.74, 6) is -0.158. The molecule has 0 atom stereocenters. The number of halogens is 1. The molecule has 0 spiro atoms. The van der Waals surface area contributed by atoms with Crippen molar-refractivity contribution in [3.63, 3.8) is 0 Å². The van der Waals surface area contributed by atoms with E-state index in [9.17, 15) is 9.59 Å². The van der Waals surface area contributed by atoms with Crippen LogP contribution in [0.3, 0.4) is 0 Å². The third-order valence-corrected chi connectivity index (χ3v) is 4.39. The number of nitrogens with one attached hydrogen (secondary N) is 2. The smallest absolute Gasteiger partial charge is 0.253 e. The molecule has 2 rings (SSSR count). The molecule has 0 heterocycles. The van der Waals surface area contributed by atoms with Crippen LogP contribution in [0.5, 0.6) is 0 Å². The monoisotopic (exact) mass is 373 g/mol. The standard InChI is InChI=1S/C20H24ClN3O2/c1-3-24(4-2)20(26)15-9-11-17(12-10-15)23-19(25)14-22-13-16-7-5-6-8-18(16)21/h5-12,22H,3-4,13-14H2,1-2H3,(H,23,25). The van der Waals surface area contributed by atoms with E-state index >= 15 is 0 Å². The van der Waals surface area contributed by atoms with Crippen LogP contribution < -0.4 is 10.6 Å². The number of hydrogen-bond acceptors (Lipinski definition) is 3. The predicted octanol–water partition coefficient (Wildman–Crippen LogP) is 3.55. The van der Waals surface area contributed by atoms with Crippen molar-refractivity contribution in [3.05, 3.63) is 64.7 Å². The number of hydrogen-bond donors (Lipinski definition) is 2. The molecule has 6 heteroatoms. The molecule has 2 N–H and O–H groups in total. The number of benzene rings is 2. The fourth-order valence-corrected chi connectivity index (χ4v) is 2.75. The number of anilines is 1. The van der Waals surface area contributed by atoms with Crippen LogP contribution in [-0.4, -0.2) is 36.3 Å². The van der Waals surface area contributed by atoms with E-state index in [1.54, 1.807) is 29.2 Å². The van der Waals surface area contributed by atoms with Crippen LogP contribution in [0, 0.1) is 0 Å². The minimum atomic E-state index is -0.153. The average molecular weight is 374 g/mol. The molecule has 0 saturated heterocycles. The van der Waals surface area contributed by atoms with Crippen molar-refractivity contribution in [1.29, 1.82) is 0 Å². The molecule has 2 aromatic rings. The van der Waals surface area contributed by atoms with Gasteiger partial charge < -0.3 is 15.5 Å². The van der Waals surface area contributed by atoms with Crippen molar-refractivity contribution >= 4 is 29.1 Å². The minimum absolute atomic E-state index is 0.00529. The van der Waals surface area contributed by atoms with Crippen molar-refractivity contribution in [2.45, 2.75) is 20.4 Å². The first kappa shape index (κ1) is 19.9. The Morgan fingerprint density at radius 3 is 2.27 bits per heavy atom. The maximum atomic E-state index is 12.3. The molecule has 0 bridgehead atoms. The Morgan fingerprint density at radius 1 is 1.00 bits per heavy atom. The first-order chi connectivity index (χ1) is 12.5. The first-order valence-electron chi connectivity index (χ1n) is 8.68. The van der Waals surface area contributed by atoms with Crippen molar-refractivity contribution in [1.82, 2.24) is 10.2 Å². The molecule has 0 radical (unpaired) electrons. The average Bonchev–Trinajstić information content (AvgIpc) is 2.65. The molecule has 0 aliphatic heterocycles. The normalized spacial score (nSPS) is 10.4. The van der Waals surface area contributed by atoms with Gasteiger partial charge >= 0.3 is 0 Å². The molecule has 0 aromatic heterocycles. The van der Waals surface area contributed by atoms with Gasteiger partial charge in [-0.25, -0.2) is 0 Å². The molecule has 138 valence electrons. The van der Waals surface area contributed by atoms with Gasteiger partial charge in [0.25, 0.3) is 5.91 Å². The van der Waals surface area contributed by atoms with Gasteiger partial charge in [-0.05, 0) is 49.7 Å². The summed E-state index contributed by atoms with van der Waals surface area (Å²) in [6.07, 6.45) is 0. The van der Waals surface area contributed by atoms with E-state index in [-0.39, 0.29) is 18.4 Å². The van der Waals surface area contributed by atoms with Gasteiger partial charge in [0.05, 0.1) is 6.54 Å². The van der Waals surface area contributed by atoms with E-state index in [1.807, 2.05) is 38.1 Å². The van der Waals surface area contributed by atoms with Gasteiger partial charge in [0.15, 0.2) is 0 Å². The summed E-state index contributed by atoms with van der Waals surface area (Å²) in [4.78, 5) is 26.0. The number of carbonyl (C=O) groups is 2. The lowest BCUT2D eigenvalue weighted by molar-refractivity contribution is -0.115. The van der Waals surface area contributed by atoms with E-state index in [1.165, 1.54) is 0 Å². The van der Waals surface area contributed by atoms with Crippen molar-refractivity contribution < 1.29 is 9.59 Å². The quantitative estimate of drug-likeness (QED) is 0.743. The van der Waals surface area contributed by atoms with Crippen LogP contribution in [0.25, 0.3) is 0 Å². The number of rotatable bonds is 8. The Balaban J connectivity index is 1.83. The maximum Gasteiger partial charge on any atom is 0.253 e. The van der Waals surface area contributed by atoms with Crippen LogP contribution in [0.2, 0.25) is 5.02 Å². The summed E-state index contributed by atoms with van der Waals surface area (Å²) in [6, 6.07) is 14.4. The second kappa shape index (κ2) is 9.94. The molecule has 0 aliphatic carbocycles. The Labute approximate surface area is 159 Å². The summed E-state index contributed by atoms with van der Waals surface area (Å²) < 4.78 is 0. The fraction of sp³-hybridized carbons (Fsp3) is 0.300. The minimum Gasteiger partial charge on any atom is -0.339 e. The molecule has 0 unspecified atom stereocenters. The Morgan fingerprint density at radius 2 is 1.65 bits per heavy atom. The number of carbonyl (C=O) groups excluding carboxylic acids is 2. The van der Waals surface area contributed by atoms with Crippen molar-refractivity contribution in [2.24, 2.45) is 0 Å². The second-order valence-electron chi connectivity index (χ2n) is 5.80. The zero-order chi connectivity index (χ0) is 18.9. The van der Waals surface area contributed by atoms with Crippen LogP contribution in [0.1, 0.15) is 29.8 Å². The first-order valence-corrected chi connectivity index (χ1v) is 9.06. The molecule has 2 aromatic carbocycles. The van der Waals surface area contributed by atoms with Crippen molar-refractivity contribution in [2.75, 3.05) is 25.0 Å². The van der Waals surface area contributed by atoms with Gasteiger partial charge in [0, 0.05) is 35.9 Å². The van der Waals surface area contributed by atoms with Gasteiger partial charge in [-0.15, -0.1) is 0 Å². The molecule has 5 nitrogen and oxygen atoms in total. The fourth-order valence-electron chi connectivity index (χ4n) is 2.55. The molecule has 2 amide bonds. The Hall–Kier alpha value is -2.37. The van der Waals surface area contributed by atoms with Gasteiger partial charge in [0.2, 0.25) is 5.91 Å². The summed E-state index contributed by atoms with van der Waals surface area (Å²) in [6.45, 7) is 5.93. The number of nitrogens with zero attached hydrogens (tertiary/aromatic N) is 1. The van der Waals surface area contributed by atoms with Gasteiger partial charge in [-0.1, -0.05) is 29.8 Å². The van der Waals surface area contributed by atoms with Gasteiger partial charge in [-0.3, -0.25) is 9.59 Å². The molecule has 0 aliphatic rings. The molecule has 0 fully saturated rings. The van der Waals surface area contributed by atoms with Gasteiger partial charge in [0.1, 0.15) is 0 Å². The summed E-state index contributed by atoms with van der Waals surface area (Å²) >= 11 is 6.08. The van der Waals surface area contributed by atoms with E-state index in [0.29, 0.717) is 35.9 Å². The van der Waals surface area contributed by atoms with E-state index in [2.05, 4.69) is 10.6 Å². The highest BCUT2D eigenvalue weighted by Gasteiger charge is 2.12. The Kier molecular flexibility index (Phi) is 7.63. The molecular weight excluding hydrogens is 350 g/mol. The predicted molar refractivity (Wildman–Crippen MR) is 105 cm³/mol. The molecule has 26 heavy (non-hydrogen) atoms. The highest BCUT2D eigenvalue weighted by atomic mass is 35.5. The van der Waals surface area contributed by atoms with E-state index in [0.717, 1.165) is 5.56 Å². The van der Waals surface area contributed by atoms with Gasteiger partial charge in [-0.2, -0.15) is 0 Å². The zero-order valence-corrected chi connectivity index (χ0v) is 15.8. The SMILES string of the molecule is CCN(CC)C(=O)c1ccc(NC(=O)CNCc2ccccc2Cl)cc1. The zero-order valence-electron chi connectivity index (χ0n) is 15.1. The Bertz CT molecular complexity index is 743. The number of amides is 2. The molecular formula is C20H24ClN3O2. The lowest BCUT2D eigenvalue weighted by atomic mass is 10.1. The van der Waals surface area contributed by atoms with E-state index < -0.39 is 0 Å². The maximum absolute atomic E-state index is 12.3. The topological polar surface area (TPSA) is 61.4 Å². The van der Waals surface area contributed by atoms with Crippen LogP contribution >= 0.6 is 11.6 Å². The lowest BCUT2D eigenvalue weighted by Crippen LogP contribution is -2.30. The summed E-state index contributed by atoms with van der Waals surface area (Å²) in [7, 11) is 0. The third-order valence-electron chi connectivity index (χ3n) is 4.03. The highest BCUT2D eigenvalue weighted by Crippen LogP contribution is 2.14. The second-order valence-corrected chi connectivity index (χ2v) is 6.21. The molecule has 0 saturated carbocycles. The third kappa shape index (κ3) is 5.58. The largest absolute Gasteiger partial charge is 0.339 e.